The first-order valence-electron chi connectivity index (χ1n) is 9.11. The van der Waals surface area contributed by atoms with E-state index in [9.17, 15) is 9.59 Å². The van der Waals surface area contributed by atoms with Gasteiger partial charge in [0.15, 0.2) is 11.5 Å². The van der Waals surface area contributed by atoms with E-state index in [-0.39, 0.29) is 24.3 Å². The van der Waals surface area contributed by atoms with Crippen molar-refractivity contribution in [1.82, 2.24) is 4.90 Å². The summed E-state index contributed by atoms with van der Waals surface area (Å²) in [5.41, 5.74) is 0.533. The maximum Gasteiger partial charge on any atom is 0.307 e. The van der Waals surface area contributed by atoms with Crippen LogP contribution in [0.5, 0.6) is 11.5 Å². The van der Waals surface area contributed by atoms with Crippen molar-refractivity contribution in [2.45, 2.75) is 45.1 Å². The minimum atomic E-state index is -0.307. The molecule has 0 heterocycles. The highest BCUT2D eigenvalue weighted by molar-refractivity contribution is 5.95. The highest BCUT2D eigenvalue weighted by atomic mass is 16.5. The van der Waals surface area contributed by atoms with Gasteiger partial charge in [0.1, 0.15) is 0 Å². The minimum Gasteiger partial charge on any atom is -0.493 e. The molecule has 2 unspecified atom stereocenters. The fourth-order valence-electron chi connectivity index (χ4n) is 3.63. The molecular formula is C20H29NO5. The van der Waals surface area contributed by atoms with Crippen LogP contribution in [0.4, 0.5) is 0 Å². The van der Waals surface area contributed by atoms with Crippen molar-refractivity contribution >= 4 is 11.9 Å². The van der Waals surface area contributed by atoms with Crippen LogP contribution < -0.4 is 9.47 Å². The van der Waals surface area contributed by atoms with Crippen LogP contribution in [0.25, 0.3) is 0 Å². The summed E-state index contributed by atoms with van der Waals surface area (Å²) in [7, 11) is 4.47. The third-order valence-electron chi connectivity index (χ3n) is 5.14. The molecule has 0 N–H and O–H groups in total. The molecule has 1 aliphatic rings. The topological polar surface area (TPSA) is 65.1 Å². The summed E-state index contributed by atoms with van der Waals surface area (Å²) >= 11 is 0. The minimum absolute atomic E-state index is 0.0893. The standard InChI is InChI=1S/C20H29NO5/c1-14-7-5-6-8-16(14)21(12-11-19(22)26-4)20(23)15-9-10-17(24-2)18(13-15)25-3/h9-10,13-14,16H,5-8,11-12H2,1-4H3. The summed E-state index contributed by atoms with van der Waals surface area (Å²) < 4.78 is 15.3. The Morgan fingerprint density at radius 1 is 1.08 bits per heavy atom. The lowest BCUT2D eigenvalue weighted by molar-refractivity contribution is -0.141. The molecule has 0 saturated heterocycles. The second-order valence-electron chi connectivity index (χ2n) is 6.72. The van der Waals surface area contributed by atoms with Gasteiger partial charge in [-0.1, -0.05) is 19.8 Å². The summed E-state index contributed by atoms with van der Waals surface area (Å²) in [5, 5.41) is 0. The van der Waals surface area contributed by atoms with E-state index in [4.69, 9.17) is 14.2 Å². The quantitative estimate of drug-likeness (QED) is 0.696. The zero-order valence-corrected chi connectivity index (χ0v) is 16.1. The average molecular weight is 363 g/mol. The van der Waals surface area contributed by atoms with Crippen molar-refractivity contribution in [3.63, 3.8) is 0 Å². The van der Waals surface area contributed by atoms with Gasteiger partial charge in [0.05, 0.1) is 27.8 Å². The van der Waals surface area contributed by atoms with E-state index in [1.165, 1.54) is 13.5 Å². The lowest BCUT2D eigenvalue weighted by Crippen LogP contribution is -2.46. The van der Waals surface area contributed by atoms with Gasteiger partial charge in [0.25, 0.3) is 5.91 Å². The third-order valence-corrected chi connectivity index (χ3v) is 5.14. The van der Waals surface area contributed by atoms with Crippen LogP contribution >= 0.6 is 0 Å². The largest absolute Gasteiger partial charge is 0.493 e. The molecule has 144 valence electrons. The number of methoxy groups -OCH3 is 3. The first-order chi connectivity index (χ1) is 12.5. The van der Waals surface area contributed by atoms with Crippen LogP contribution in [-0.4, -0.2) is 50.7 Å². The maximum absolute atomic E-state index is 13.2. The molecule has 0 aromatic heterocycles. The molecule has 6 nitrogen and oxygen atoms in total. The number of amides is 1. The molecule has 1 fully saturated rings. The number of nitrogens with zero attached hydrogens (tertiary/aromatic N) is 1. The van der Waals surface area contributed by atoms with Crippen molar-refractivity contribution < 1.29 is 23.8 Å². The highest BCUT2D eigenvalue weighted by Gasteiger charge is 2.31. The van der Waals surface area contributed by atoms with Crippen LogP contribution in [0.1, 0.15) is 49.4 Å². The average Bonchev–Trinajstić information content (AvgIpc) is 2.68. The van der Waals surface area contributed by atoms with Gasteiger partial charge in [-0.3, -0.25) is 9.59 Å². The van der Waals surface area contributed by atoms with Gasteiger partial charge in [0, 0.05) is 18.2 Å². The number of ether oxygens (including phenoxy) is 3. The fourth-order valence-corrected chi connectivity index (χ4v) is 3.63. The molecule has 2 atom stereocenters. The molecule has 2 rings (SSSR count). The zero-order chi connectivity index (χ0) is 19.1. The SMILES string of the molecule is COC(=O)CCN(C(=O)c1ccc(OC)c(OC)c1)C1CCCCC1C. The molecule has 0 spiro atoms. The predicted octanol–water partition coefficient (Wildman–Crippen LogP) is 3.29. The van der Waals surface area contributed by atoms with Gasteiger partial charge in [-0.05, 0) is 37.0 Å². The highest BCUT2D eigenvalue weighted by Crippen LogP contribution is 2.32. The van der Waals surface area contributed by atoms with Crippen LogP contribution in [0.15, 0.2) is 18.2 Å². The smallest absolute Gasteiger partial charge is 0.307 e. The Hall–Kier alpha value is -2.24. The first-order valence-corrected chi connectivity index (χ1v) is 9.11. The van der Waals surface area contributed by atoms with Crippen molar-refractivity contribution in [1.29, 1.82) is 0 Å². The van der Waals surface area contributed by atoms with E-state index in [2.05, 4.69) is 6.92 Å². The predicted molar refractivity (Wildman–Crippen MR) is 98.6 cm³/mol. The van der Waals surface area contributed by atoms with Crippen LogP contribution in [-0.2, 0) is 9.53 Å². The van der Waals surface area contributed by atoms with Crippen molar-refractivity contribution in [3.05, 3.63) is 23.8 Å². The summed E-state index contributed by atoms with van der Waals surface area (Å²) in [6.45, 7) is 2.53. The number of carbonyl (C=O) groups is 2. The van der Waals surface area contributed by atoms with Gasteiger partial charge >= 0.3 is 5.97 Å². The molecular weight excluding hydrogens is 334 g/mol. The first kappa shape index (κ1) is 20.1. The number of hydrogen-bond donors (Lipinski definition) is 0. The summed E-state index contributed by atoms with van der Waals surface area (Å²) in [6, 6.07) is 5.30. The number of carbonyl (C=O) groups excluding carboxylic acids is 2. The lowest BCUT2D eigenvalue weighted by atomic mass is 9.84. The lowest BCUT2D eigenvalue weighted by Gasteiger charge is -2.38. The Morgan fingerprint density at radius 3 is 2.38 bits per heavy atom. The Labute approximate surface area is 155 Å². The van der Waals surface area contributed by atoms with E-state index in [0.717, 1.165) is 19.3 Å². The van der Waals surface area contributed by atoms with Gasteiger partial charge in [-0.25, -0.2) is 0 Å². The molecule has 0 bridgehead atoms. The van der Waals surface area contributed by atoms with Crippen molar-refractivity contribution in [3.8, 4) is 11.5 Å². The molecule has 1 aliphatic carbocycles. The summed E-state index contributed by atoms with van der Waals surface area (Å²) in [5.74, 6) is 1.11. The van der Waals surface area contributed by atoms with Gasteiger partial charge in [0.2, 0.25) is 0 Å². The number of hydrogen-bond acceptors (Lipinski definition) is 5. The molecule has 1 amide bonds. The Kier molecular flexibility index (Phi) is 7.30. The van der Waals surface area contributed by atoms with E-state index in [0.29, 0.717) is 29.5 Å². The summed E-state index contributed by atoms with van der Waals surface area (Å²) in [4.78, 5) is 26.7. The van der Waals surface area contributed by atoms with E-state index in [1.807, 2.05) is 4.90 Å². The Morgan fingerprint density at radius 2 is 1.77 bits per heavy atom. The molecule has 1 saturated carbocycles. The monoisotopic (exact) mass is 363 g/mol. The number of rotatable bonds is 7. The number of esters is 1. The Balaban J connectivity index is 2.27. The molecule has 0 radical (unpaired) electrons. The van der Waals surface area contributed by atoms with Crippen LogP contribution in [0.2, 0.25) is 0 Å². The van der Waals surface area contributed by atoms with Gasteiger partial charge in [-0.2, -0.15) is 0 Å². The second-order valence-corrected chi connectivity index (χ2v) is 6.72. The zero-order valence-electron chi connectivity index (χ0n) is 16.1. The van der Waals surface area contributed by atoms with Gasteiger partial charge < -0.3 is 19.1 Å². The fraction of sp³-hybridized carbons (Fsp3) is 0.600. The molecule has 0 aliphatic heterocycles. The maximum atomic E-state index is 13.2. The molecule has 6 heteroatoms. The third kappa shape index (κ3) is 4.68. The van der Waals surface area contributed by atoms with Gasteiger partial charge in [-0.15, -0.1) is 0 Å². The Bertz CT molecular complexity index is 631. The second kappa shape index (κ2) is 9.46. The van der Waals surface area contributed by atoms with Crippen molar-refractivity contribution in [2.75, 3.05) is 27.9 Å². The number of benzene rings is 1. The summed E-state index contributed by atoms with van der Waals surface area (Å²) in [6.07, 6.45) is 4.54. The molecule has 26 heavy (non-hydrogen) atoms. The van der Waals surface area contributed by atoms with E-state index >= 15 is 0 Å². The van der Waals surface area contributed by atoms with E-state index < -0.39 is 0 Å². The molecule has 1 aromatic carbocycles. The van der Waals surface area contributed by atoms with Crippen molar-refractivity contribution in [2.24, 2.45) is 5.92 Å². The van der Waals surface area contributed by atoms with E-state index in [1.54, 1.807) is 32.4 Å². The molecule has 1 aromatic rings. The van der Waals surface area contributed by atoms with Crippen LogP contribution in [0.3, 0.4) is 0 Å². The normalized spacial score (nSPS) is 19.5. The van der Waals surface area contributed by atoms with Crippen LogP contribution in [0, 0.1) is 5.92 Å².